The molecule has 1 aromatic heterocycles. The number of carbonyl (C=O) groups excluding carboxylic acids is 1. The highest BCUT2D eigenvalue weighted by Gasteiger charge is 2.38. The van der Waals surface area contributed by atoms with E-state index in [1.807, 2.05) is 0 Å². The van der Waals surface area contributed by atoms with Crippen LogP contribution in [0.25, 0.3) is 0 Å². The molecule has 1 rings (SSSR count). The minimum atomic E-state index is -3.62. The van der Waals surface area contributed by atoms with Crippen LogP contribution in [0.1, 0.15) is 6.92 Å². The number of alkyl halides is 2. The van der Waals surface area contributed by atoms with Crippen molar-refractivity contribution in [2.24, 2.45) is 0 Å². The fraction of sp³-hybridized carbons (Fsp3) is 0.429. The van der Waals surface area contributed by atoms with Crippen molar-refractivity contribution in [2.45, 2.75) is 19.4 Å². The van der Waals surface area contributed by atoms with Gasteiger partial charge < -0.3 is 10.1 Å². The van der Waals surface area contributed by atoms with Gasteiger partial charge in [0, 0.05) is 6.92 Å². The molecule has 82 valence electrons. The van der Waals surface area contributed by atoms with Gasteiger partial charge >= 0.3 is 11.9 Å². The molecule has 0 amide bonds. The van der Waals surface area contributed by atoms with Gasteiger partial charge in [-0.05, 0) is 4.92 Å². The minimum absolute atomic E-state index is 0.626. The molecule has 15 heavy (non-hydrogen) atoms. The van der Waals surface area contributed by atoms with E-state index in [4.69, 9.17) is 0 Å². The molecule has 0 N–H and O–H groups in total. The quantitative estimate of drug-likeness (QED) is 0.559. The van der Waals surface area contributed by atoms with Crippen molar-refractivity contribution in [2.75, 3.05) is 0 Å². The van der Waals surface area contributed by atoms with E-state index in [9.17, 15) is 23.7 Å². The molecule has 0 bridgehead atoms. The fourth-order valence-electron chi connectivity index (χ4n) is 0.922. The third kappa shape index (κ3) is 2.33. The lowest BCUT2D eigenvalue weighted by Gasteiger charge is -2.10. The number of ketones is 1. The van der Waals surface area contributed by atoms with Crippen LogP contribution in [0.15, 0.2) is 12.4 Å². The van der Waals surface area contributed by atoms with Crippen molar-refractivity contribution in [3.05, 3.63) is 22.5 Å². The van der Waals surface area contributed by atoms with Gasteiger partial charge in [0.25, 0.3) is 0 Å². The van der Waals surface area contributed by atoms with E-state index in [0.29, 0.717) is 4.57 Å². The van der Waals surface area contributed by atoms with Crippen LogP contribution in [-0.2, 0) is 11.3 Å². The second kappa shape index (κ2) is 3.71. The minimum Gasteiger partial charge on any atom is -0.390 e. The van der Waals surface area contributed by atoms with Crippen molar-refractivity contribution in [1.82, 2.24) is 9.55 Å². The first kappa shape index (κ1) is 11.2. The van der Waals surface area contributed by atoms with Crippen LogP contribution in [0.2, 0.25) is 0 Å². The summed E-state index contributed by atoms with van der Waals surface area (Å²) in [6.07, 6.45) is 2.04. The molecule has 0 aliphatic rings. The van der Waals surface area contributed by atoms with E-state index in [2.05, 4.69) is 4.98 Å². The third-order valence-electron chi connectivity index (χ3n) is 1.74. The molecule has 1 heterocycles. The summed E-state index contributed by atoms with van der Waals surface area (Å²) in [4.78, 5) is 23.2. The Kier molecular flexibility index (Phi) is 2.78. The zero-order valence-electron chi connectivity index (χ0n) is 7.68. The van der Waals surface area contributed by atoms with Crippen LogP contribution >= 0.6 is 0 Å². The smallest absolute Gasteiger partial charge is 0.390 e. The van der Waals surface area contributed by atoms with Crippen LogP contribution in [0, 0.1) is 10.1 Å². The number of hydrogen-bond donors (Lipinski definition) is 0. The third-order valence-corrected chi connectivity index (χ3v) is 1.74. The van der Waals surface area contributed by atoms with Gasteiger partial charge in [0.2, 0.25) is 5.78 Å². The Morgan fingerprint density at radius 1 is 1.73 bits per heavy atom. The van der Waals surface area contributed by atoms with Crippen molar-refractivity contribution in [1.29, 1.82) is 0 Å². The SMILES string of the molecule is CC(=O)C(F)(F)Cn1ccnc1[N+](=O)[O-]. The van der Waals surface area contributed by atoms with E-state index in [0.717, 1.165) is 19.3 Å². The highest BCUT2D eigenvalue weighted by Crippen LogP contribution is 2.20. The number of nitro groups is 1. The average molecular weight is 219 g/mol. The second-order valence-electron chi connectivity index (χ2n) is 2.87. The lowest BCUT2D eigenvalue weighted by molar-refractivity contribution is -0.397. The first-order valence-corrected chi connectivity index (χ1v) is 3.89. The normalized spacial score (nSPS) is 11.4. The van der Waals surface area contributed by atoms with E-state index < -0.39 is 29.1 Å². The van der Waals surface area contributed by atoms with Gasteiger partial charge in [-0.2, -0.15) is 8.78 Å². The Morgan fingerprint density at radius 3 is 2.80 bits per heavy atom. The maximum absolute atomic E-state index is 12.9. The van der Waals surface area contributed by atoms with Gasteiger partial charge in [-0.25, -0.2) is 4.57 Å². The largest absolute Gasteiger partial charge is 0.434 e. The average Bonchev–Trinajstić information content (AvgIpc) is 2.51. The lowest BCUT2D eigenvalue weighted by atomic mass is 10.2. The van der Waals surface area contributed by atoms with Gasteiger partial charge in [-0.3, -0.25) is 4.79 Å². The molecular formula is C7H7F2N3O3. The van der Waals surface area contributed by atoms with Crippen molar-refractivity contribution >= 4 is 11.7 Å². The number of aromatic nitrogens is 2. The van der Waals surface area contributed by atoms with Gasteiger partial charge in [-0.15, -0.1) is 0 Å². The highest BCUT2D eigenvalue weighted by molar-refractivity contribution is 5.82. The summed E-state index contributed by atoms with van der Waals surface area (Å²) in [6.45, 7) is -0.346. The number of imidazole rings is 1. The van der Waals surface area contributed by atoms with Gasteiger partial charge in [0.15, 0.2) is 0 Å². The maximum atomic E-state index is 12.9. The fourth-order valence-corrected chi connectivity index (χ4v) is 0.922. The first-order chi connectivity index (χ1) is 6.84. The van der Waals surface area contributed by atoms with Crippen molar-refractivity contribution < 1.29 is 18.5 Å². The van der Waals surface area contributed by atoms with E-state index >= 15 is 0 Å². The highest BCUT2D eigenvalue weighted by atomic mass is 19.3. The second-order valence-corrected chi connectivity index (χ2v) is 2.87. The van der Waals surface area contributed by atoms with Crippen LogP contribution < -0.4 is 0 Å². The van der Waals surface area contributed by atoms with Crippen LogP contribution in [0.3, 0.4) is 0 Å². The summed E-state index contributed by atoms with van der Waals surface area (Å²) in [6, 6.07) is 0. The molecule has 0 saturated carbocycles. The number of rotatable bonds is 4. The number of carbonyl (C=O) groups is 1. The standard InChI is InChI=1S/C7H7F2N3O3/c1-5(13)7(8,9)4-11-3-2-10-6(11)12(14)15/h2-3H,4H2,1H3. The molecule has 0 aliphatic heterocycles. The number of nitrogens with zero attached hydrogens (tertiary/aromatic N) is 3. The Balaban J connectivity index is 2.95. The molecule has 0 radical (unpaired) electrons. The molecule has 0 aromatic carbocycles. The molecule has 0 fully saturated rings. The number of halogens is 2. The van der Waals surface area contributed by atoms with E-state index in [-0.39, 0.29) is 0 Å². The Labute approximate surface area is 82.7 Å². The van der Waals surface area contributed by atoms with Crippen LogP contribution in [0.5, 0.6) is 0 Å². The van der Waals surface area contributed by atoms with Crippen LogP contribution in [0.4, 0.5) is 14.7 Å². The molecule has 0 atom stereocenters. The van der Waals surface area contributed by atoms with Crippen molar-refractivity contribution in [3.63, 3.8) is 0 Å². The summed E-state index contributed by atoms with van der Waals surface area (Å²) >= 11 is 0. The molecule has 0 aliphatic carbocycles. The van der Waals surface area contributed by atoms with E-state index in [1.165, 1.54) is 0 Å². The molecule has 6 nitrogen and oxygen atoms in total. The maximum Gasteiger partial charge on any atom is 0.434 e. The molecular weight excluding hydrogens is 212 g/mol. The zero-order chi connectivity index (χ0) is 11.6. The zero-order valence-corrected chi connectivity index (χ0v) is 7.68. The van der Waals surface area contributed by atoms with Crippen LogP contribution in [-0.4, -0.2) is 26.2 Å². The Morgan fingerprint density at radius 2 is 2.33 bits per heavy atom. The molecule has 0 unspecified atom stereocenters. The van der Waals surface area contributed by atoms with Gasteiger partial charge in [0.05, 0.1) is 0 Å². The monoisotopic (exact) mass is 219 g/mol. The number of hydrogen-bond acceptors (Lipinski definition) is 4. The van der Waals surface area contributed by atoms with Gasteiger partial charge in [-0.1, -0.05) is 4.98 Å². The van der Waals surface area contributed by atoms with E-state index in [1.54, 1.807) is 0 Å². The predicted octanol–water partition coefficient (Wildman–Crippen LogP) is 1.02. The predicted molar refractivity (Wildman–Crippen MR) is 44.5 cm³/mol. The van der Waals surface area contributed by atoms with Gasteiger partial charge in [0.1, 0.15) is 18.9 Å². The molecule has 8 heteroatoms. The summed E-state index contributed by atoms with van der Waals surface area (Å²) in [7, 11) is 0. The summed E-state index contributed by atoms with van der Waals surface area (Å²) in [5.74, 6) is -5.67. The Bertz CT molecular complexity index is 402. The number of Topliss-reactive ketones (excluding diaryl/α,β-unsaturated/α-hetero) is 1. The summed E-state index contributed by atoms with van der Waals surface area (Å²) in [5.41, 5.74) is 0. The summed E-state index contributed by atoms with van der Waals surface area (Å²) in [5, 5.41) is 10.3. The first-order valence-electron chi connectivity index (χ1n) is 3.89. The molecule has 0 saturated heterocycles. The molecule has 1 aromatic rings. The summed E-state index contributed by atoms with van der Waals surface area (Å²) < 4.78 is 26.5. The van der Waals surface area contributed by atoms with Crippen molar-refractivity contribution in [3.8, 4) is 0 Å². The lowest BCUT2D eigenvalue weighted by Crippen LogP contribution is -2.31. The topological polar surface area (TPSA) is 78.0 Å². The molecule has 0 spiro atoms. The Hall–Kier alpha value is -1.86.